The number of hydrogen-bond acceptors (Lipinski definition) is 4. The third-order valence-corrected chi connectivity index (χ3v) is 1.32. The van der Waals surface area contributed by atoms with Gasteiger partial charge in [-0.05, 0) is 31.2 Å². The van der Waals surface area contributed by atoms with Crippen LogP contribution in [0.25, 0.3) is 0 Å². The second-order valence-electron chi connectivity index (χ2n) is 2.56. The first-order valence-corrected chi connectivity index (χ1v) is 6.84. The highest BCUT2D eigenvalue weighted by Gasteiger charge is 1.95. The molecule has 0 aromatic heterocycles. The fourth-order valence-electron chi connectivity index (χ4n) is 0.718. The summed E-state index contributed by atoms with van der Waals surface area (Å²) < 4.78 is 18.3. The second kappa shape index (κ2) is 5.95. The average molecular weight is 270 g/mol. The summed E-state index contributed by atoms with van der Waals surface area (Å²) in [5, 5.41) is 0. The van der Waals surface area contributed by atoms with Crippen molar-refractivity contribution in [1.29, 1.82) is 0 Å². The zero-order valence-corrected chi connectivity index (χ0v) is 10.1. The predicted molar refractivity (Wildman–Crippen MR) is 61.5 cm³/mol. The molecule has 1 aromatic rings. The Labute approximate surface area is 96.9 Å². The first-order valence-electron chi connectivity index (χ1n) is 3.71. The van der Waals surface area contributed by atoms with Gasteiger partial charge in [0.05, 0.1) is 0 Å². The van der Waals surface area contributed by atoms with Crippen molar-refractivity contribution in [2.75, 3.05) is 5.73 Å². The van der Waals surface area contributed by atoms with Crippen LogP contribution in [0.3, 0.4) is 0 Å². The Balaban J connectivity index is 0.000000336. The normalized spacial score (nSPS) is 10.1. The van der Waals surface area contributed by atoms with E-state index in [1.807, 2.05) is 0 Å². The van der Waals surface area contributed by atoms with Crippen LogP contribution < -0.4 is 5.73 Å². The Kier molecular flexibility index (Phi) is 5.64. The van der Waals surface area contributed by atoms with E-state index in [0.717, 1.165) is 0 Å². The van der Waals surface area contributed by atoms with Gasteiger partial charge in [0.25, 0.3) is 0 Å². The number of halogens is 2. The molecule has 0 spiro atoms. The highest BCUT2D eigenvalue weighted by molar-refractivity contribution is 8.31. The third kappa shape index (κ3) is 9.52. The fourth-order valence-corrected chi connectivity index (χ4v) is 0.718. The molecule has 2 N–H and O–H groups in total. The van der Waals surface area contributed by atoms with Crippen molar-refractivity contribution in [3.05, 3.63) is 29.8 Å². The number of carbonyl (C=O) groups is 1. The standard InChI is InChI=1S/C8H9NO.Cl2O2S/c1-6(10)7-2-4-8(9)5-3-7;1-5(2,3)4/h2-5H,9H2,1H3;. The van der Waals surface area contributed by atoms with E-state index in [4.69, 9.17) is 14.2 Å². The van der Waals surface area contributed by atoms with Gasteiger partial charge in [-0.15, -0.1) is 0 Å². The zero-order valence-electron chi connectivity index (χ0n) is 7.78. The summed E-state index contributed by atoms with van der Waals surface area (Å²) in [5.41, 5.74) is 6.80. The van der Waals surface area contributed by atoms with Gasteiger partial charge in [0.1, 0.15) is 0 Å². The Morgan fingerprint density at radius 1 is 1.20 bits per heavy atom. The molecular formula is C8H9Cl2NO3S. The molecule has 0 radical (unpaired) electrons. The van der Waals surface area contributed by atoms with Crippen LogP contribution in [0.5, 0.6) is 0 Å². The van der Waals surface area contributed by atoms with Gasteiger partial charge in [0.15, 0.2) is 5.78 Å². The van der Waals surface area contributed by atoms with Gasteiger partial charge in [-0.25, -0.2) is 0 Å². The van der Waals surface area contributed by atoms with Crippen molar-refractivity contribution in [3.8, 4) is 0 Å². The molecule has 0 saturated heterocycles. The van der Waals surface area contributed by atoms with Crippen LogP contribution in [-0.2, 0) is 8.26 Å². The van der Waals surface area contributed by atoms with E-state index in [-0.39, 0.29) is 5.78 Å². The number of Topliss-reactive ketones (excluding diaryl/α,β-unsaturated/α-hetero) is 1. The fraction of sp³-hybridized carbons (Fsp3) is 0.125. The zero-order chi connectivity index (χ0) is 12.1. The quantitative estimate of drug-likeness (QED) is 0.482. The minimum absolute atomic E-state index is 0.0694. The summed E-state index contributed by atoms with van der Waals surface area (Å²) >= 11 is 0. The summed E-state index contributed by atoms with van der Waals surface area (Å²) in [4.78, 5) is 10.7. The van der Waals surface area contributed by atoms with Crippen molar-refractivity contribution >= 4 is 41.1 Å². The number of hydrogen-bond donors (Lipinski definition) is 1. The van der Waals surface area contributed by atoms with Crippen molar-refractivity contribution in [1.82, 2.24) is 0 Å². The van der Waals surface area contributed by atoms with Crippen LogP contribution in [0.4, 0.5) is 5.69 Å². The molecule has 0 fully saturated rings. The van der Waals surface area contributed by atoms with Gasteiger partial charge in [0, 0.05) is 32.6 Å². The van der Waals surface area contributed by atoms with E-state index in [2.05, 4.69) is 21.4 Å². The van der Waals surface area contributed by atoms with Crippen LogP contribution in [-0.4, -0.2) is 14.2 Å². The van der Waals surface area contributed by atoms with Gasteiger partial charge in [-0.3, -0.25) is 4.79 Å². The lowest BCUT2D eigenvalue weighted by Gasteiger charge is -1.94. The molecular weight excluding hydrogens is 261 g/mol. The van der Waals surface area contributed by atoms with Crippen LogP contribution in [0.1, 0.15) is 17.3 Å². The second-order valence-corrected chi connectivity index (χ2v) is 6.22. The number of nitrogens with two attached hydrogens (primary N) is 1. The highest BCUT2D eigenvalue weighted by atomic mass is 36.0. The monoisotopic (exact) mass is 269 g/mol. The van der Waals surface area contributed by atoms with E-state index < -0.39 is 8.26 Å². The molecule has 0 amide bonds. The molecule has 1 rings (SSSR count). The molecule has 0 bridgehead atoms. The maximum absolute atomic E-state index is 10.7. The van der Waals surface area contributed by atoms with Crippen LogP contribution in [0, 0.1) is 0 Å². The van der Waals surface area contributed by atoms with Crippen molar-refractivity contribution in [2.24, 2.45) is 0 Å². The maximum Gasteiger partial charge on any atom is 0.317 e. The van der Waals surface area contributed by atoms with Crippen molar-refractivity contribution in [2.45, 2.75) is 6.92 Å². The molecule has 0 aliphatic heterocycles. The Bertz CT molecular complexity index is 420. The molecule has 0 aliphatic carbocycles. The summed E-state index contributed by atoms with van der Waals surface area (Å²) in [6.07, 6.45) is 0. The maximum atomic E-state index is 10.7. The van der Waals surface area contributed by atoms with E-state index in [9.17, 15) is 4.79 Å². The van der Waals surface area contributed by atoms with Gasteiger partial charge >= 0.3 is 8.26 Å². The van der Waals surface area contributed by atoms with Gasteiger partial charge < -0.3 is 5.73 Å². The molecule has 15 heavy (non-hydrogen) atoms. The van der Waals surface area contributed by atoms with Crippen molar-refractivity contribution in [3.63, 3.8) is 0 Å². The number of ketones is 1. The van der Waals surface area contributed by atoms with E-state index in [1.54, 1.807) is 24.3 Å². The highest BCUT2D eigenvalue weighted by Crippen LogP contribution is 2.05. The summed E-state index contributed by atoms with van der Waals surface area (Å²) in [6, 6.07) is 6.88. The van der Waals surface area contributed by atoms with Crippen LogP contribution >= 0.6 is 21.4 Å². The Morgan fingerprint density at radius 3 is 1.80 bits per heavy atom. The molecule has 0 heterocycles. The van der Waals surface area contributed by atoms with E-state index in [0.29, 0.717) is 11.3 Å². The average Bonchev–Trinajstić information content (AvgIpc) is 2.01. The molecule has 0 saturated carbocycles. The summed E-state index contributed by atoms with van der Waals surface area (Å²) in [6.45, 7) is 1.53. The number of carbonyl (C=O) groups excluding carboxylic acids is 1. The van der Waals surface area contributed by atoms with Gasteiger partial charge in [-0.1, -0.05) is 0 Å². The SMILES string of the molecule is CC(=O)c1ccc(N)cc1.O=S(=O)(Cl)Cl. The molecule has 0 aliphatic rings. The lowest BCUT2D eigenvalue weighted by atomic mass is 10.1. The third-order valence-electron chi connectivity index (χ3n) is 1.32. The van der Waals surface area contributed by atoms with Crippen molar-refractivity contribution < 1.29 is 13.2 Å². The van der Waals surface area contributed by atoms with E-state index >= 15 is 0 Å². The number of rotatable bonds is 1. The first-order chi connectivity index (χ1) is 6.70. The van der Waals surface area contributed by atoms with Gasteiger partial charge in [0.2, 0.25) is 0 Å². The predicted octanol–water partition coefficient (Wildman–Crippen LogP) is 2.18. The molecule has 0 unspecified atom stereocenters. The molecule has 1 aromatic carbocycles. The molecule has 4 nitrogen and oxygen atoms in total. The Hall–Kier alpha value is -0.780. The molecule has 84 valence electrons. The summed E-state index contributed by atoms with van der Waals surface area (Å²) in [7, 11) is 4.81. The topological polar surface area (TPSA) is 77.2 Å². The number of nitrogen functional groups attached to an aromatic ring is 1. The first kappa shape index (κ1) is 14.2. The molecule has 0 atom stereocenters. The smallest absolute Gasteiger partial charge is 0.317 e. The lowest BCUT2D eigenvalue weighted by Crippen LogP contribution is -1.91. The lowest BCUT2D eigenvalue weighted by molar-refractivity contribution is 0.101. The van der Waals surface area contributed by atoms with E-state index in [1.165, 1.54) is 6.92 Å². The minimum atomic E-state index is -3.72. The largest absolute Gasteiger partial charge is 0.399 e. The number of anilines is 1. The Morgan fingerprint density at radius 2 is 1.53 bits per heavy atom. The van der Waals surface area contributed by atoms with Crippen LogP contribution in [0.15, 0.2) is 24.3 Å². The van der Waals surface area contributed by atoms with Gasteiger partial charge in [-0.2, -0.15) is 8.42 Å². The number of benzene rings is 1. The molecule has 7 heteroatoms. The summed E-state index contributed by atoms with van der Waals surface area (Å²) in [5.74, 6) is 0.0694. The van der Waals surface area contributed by atoms with Crippen LogP contribution in [0.2, 0.25) is 0 Å². The minimum Gasteiger partial charge on any atom is -0.399 e.